The van der Waals surface area contributed by atoms with E-state index in [2.05, 4.69) is 51.1 Å². The first-order valence-electron chi connectivity index (χ1n) is 7.29. The molecule has 1 unspecified atom stereocenters. The van der Waals surface area contributed by atoms with Gasteiger partial charge in [-0.1, -0.05) is 63.2 Å². The maximum atomic E-state index is 6.73. The van der Waals surface area contributed by atoms with Gasteiger partial charge in [-0.3, -0.25) is 0 Å². The summed E-state index contributed by atoms with van der Waals surface area (Å²) in [6.45, 7) is 6.66. The van der Waals surface area contributed by atoms with Crippen LogP contribution in [0.15, 0.2) is 48.5 Å². The monoisotopic (exact) mass is 302 g/mol. The predicted molar refractivity (Wildman–Crippen MR) is 90.4 cm³/mol. The second-order valence-electron chi connectivity index (χ2n) is 6.32. The standard InChI is InChI=1S/C19H23ClO/c1-19(2,3)16-11-7-6-10-15(16)17(20)13-14-9-5-8-12-18(14)21-4/h5-12,17H,13H2,1-4H3. The van der Waals surface area contributed by atoms with Gasteiger partial charge < -0.3 is 4.74 Å². The first-order valence-corrected chi connectivity index (χ1v) is 7.72. The highest BCUT2D eigenvalue weighted by Gasteiger charge is 2.22. The number of methoxy groups -OCH3 is 1. The number of alkyl halides is 1. The lowest BCUT2D eigenvalue weighted by Gasteiger charge is -2.25. The normalized spacial score (nSPS) is 13.0. The third kappa shape index (κ3) is 3.79. The Morgan fingerprint density at radius 1 is 1.00 bits per heavy atom. The topological polar surface area (TPSA) is 9.23 Å². The summed E-state index contributed by atoms with van der Waals surface area (Å²) in [4.78, 5) is 0. The molecule has 0 saturated carbocycles. The van der Waals surface area contributed by atoms with Crippen LogP contribution >= 0.6 is 11.6 Å². The van der Waals surface area contributed by atoms with Gasteiger partial charge in [0.1, 0.15) is 5.75 Å². The van der Waals surface area contributed by atoms with Crippen LogP contribution < -0.4 is 4.74 Å². The summed E-state index contributed by atoms with van der Waals surface area (Å²) >= 11 is 6.73. The highest BCUT2D eigenvalue weighted by molar-refractivity contribution is 6.21. The molecule has 0 aromatic heterocycles. The van der Waals surface area contributed by atoms with Crippen molar-refractivity contribution in [3.63, 3.8) is 0 Å². The van der Waals surface area contributed by atoms with Crippen molar-refractivity contribution >= 4 is 11.6 Å². The molecule has 0 amide bonds. The minimum atomic E-state index is -0.0586. The van der Waals surface area contributed by atoms with Crippen LogP contribution in [0.3, 0.4) is 0 Å². The van der Waals surface area contributed by atoms with Gasteiger partial charge in [-0.25, -0.2) is 0 Å². The minimum absolute atomic E-state index is 0.0586. The molecule has 0 aliphatic carbocycles. The zero-order chi connectivity index (χ0) is 15.5. The summed E-state index contributed by atoms with van der Waals surface area (Å²) in [5, 5.41) is -0.0586. The van der Waals surface area contributed by atoms with Crippen LogP contribution in [0.2, 0.25) is 0 Å². The number of ether oxygens (including phenoxy) is 1. The lowest BCUT2D eigenvalue weighted by atomic mass is 9.82. The molecule has 0 saturated heterocycles. The molecule has 1 nitrogen and oxygen atoms in total. The fourth-order valence-corrected chi connectivity index (χ4v) is 2.98. The van der Waals surface area contributed by atoms with Crippen LogP contribution in [0.25, 0.3) is 0 Å². The van der Waals surface area contributed by atoms with Crippen molar-refractivity contribution in [1.82, 2.24) is 0 Å². The van der Waals surface area contributed by atoms with Crippen molar-refractivity contribution in [1.29, 1.82) is 0 Å². The van der Waals surface area contributed by atoms with E-state index in [4.69, 9.17) is 16.3 Å². The van der Waals surface area contributed by atoms with Crippen molar-refractivity contribution in [2.75, 3.05) is 7.11 Å². The smallest absolute Gasteiger partial charge is 0.122 e. The molecular formula is C19H23ClO. The van der Waals surface area contributed by atoms with E-state index in [-0.39, 0.29) is 10.8 Å². The fourth-order valence-electron chi connectivity index (χ4n) is 2.63. The van der Waals surface area contributed by atoms with E-state index in [1.165, 1.54) is 11.1 Å². The summed E-state index contributed by atoms with van der Waals surface area (Å²) in [6, 6.07) is 16.5. The molecule has 0 aliphatic rings. The number of para-hydroxylation sites is 1. The number of halogens is 1. The van der Waals surface area contributed by atoms with Crippen LogP contribution in [-0.4, -0.2) is 7.11 Å². The third-order valence-corrected chi connectivity index (χ3v) is 4.09. The van der Waals surface area contributed by atoms with Crippen LogP contribution in [0.4, 0.5) is 0 Å². The maximum absolute atomic E-state index is 6.73. The second kappa shape index (κ2) is 6.53. The molecule has 2 rings (SSSR count). The Kier molecular flexibility index (Phi) is 4.95. The van der Waals surface area contributed by atoms with Gasteiger partial charge in [0.05, 0.1) is 12.5 Å². The summed E-state index contributed by atoms with van der Waals surface area (Å²) < 4.78 is 5.42. The molecule has 21 heavy (non-hydrogen) atoms. The Labute approximate surface area is 132 Å². The van der Waals surface area contributed by atoms with Gasteiger partial charge in [-0.05, 0) is 34.6 Å². The summed E-state index contributed by atoms with van der Waals surface area (Å²) in [7, 11) is 1.70. The highest BCUT2D eigenvalue weighted by Crippen LogP contribution is 2.35. The number of benzene rings is 2. The van der Waals surface area contributed by atoms with Gasteiger partial charge in [0.15, 0.2) is 0 Å². The van der Waals surface area contributed by atoms with E-state index in [9.17, 15) is 0 Å². The lowest BCUT2D eigenvalue weighted by Crippen LogP contribution is -2.15. The molecule has 2 aromatic carbocycles. The Morgan fingerprint density at radius 3 is 2.29 bits per heavy atom. The average molecular weight is 303 g/mol. The molecule has 0 radical (unpaired) electrons. The zero-order valence-electron chi connectivity index (χ0n) is 13.2. The average Bonchev–Trinajstić information content (AvgIpc) is 2.47. The Balaban J connectivity index is 2.31. The molecule has 0 spiro atoms. The molecule has 112 valence electrons. The van der Waals surface area contributed by atoms with Crippen LogP contribution in [0.1, 0.15) is 42.8 Å². The Bertz CT molecular complexity index is 599. The maximum Gasteiger partial charge on any atom is 0.122 e. The van der Waals surface area contributed by atoms with Gasteiger partial charge in [0, 0.05) is 0 Å². The van der Waals surface area contributed by atoms with E-state index < -0.39 is 0 Å². The second-order valence-corrected chi connectivity index (χ2v) is 6.85. The molecular weight excluding hydrogens is 280 g/mol. The summed E-state index contributed by atoms with van der Waals surface area (Å²) in [6.07, 6.45) is 0.763. The highest BCUT2D eigenvalue weighted by atomic mass is 35.5. The van der Waals surface area contributed by atoms with Crippen molar-refractivity contribution in [3.05, 3.63) is 65.2 Å². The Morgan fingerprint density at radius 2 is 1.62 bits per heavy atom. The predicted octanol–water partition coefficient (Wildman–Crippen LogP) is 5.52. The molecule has 2 aromatic rings. The molecule has 0 fully saturated rings. The van der Waals surface area contributed by atoms with Crippen molar-refractivity contribution in [3.8, 4) is 5.75 Å². The third-order valence-electron chi connectivity index (χ3n) is 3.70. The molecule has 0 heterocycles. The Hall–Kier alpha value is -1.47. The quantitative estimate of drug-likeness (QED) is 0.676. The molecule has 0 aliphatic heterocycles. The molecule has 1 atom stereocenters. The first kappa shape index (κ1) is 15.9. The van der Waals surface area contributed by atoms with E-state index in [0.29, 0.717) is 0 Å². The largest absolute Gasteiger partial charge is 0.496 e. The van der Waals surface area contributed by atoms with E-state index in [1.807, 2.05) is 18.2 Å². The van der Waals surface area contributed by atoms with E-state index in [0.717, 1.165) is 17.7 Å². The zero-order valence-corrected chi connectivity index (χ0v) is 13.9. The van der Waals surface area contributed by atoms with E-state index in [1.54, 1.807) is 7.11 Å². The van der Waals surface area contributed by atoms with Crippen molar-refractivity contribution < 1.29 is 4.74 Å². The van der Waals surface area contributed by atoms with Crippen molar-refractivity contribution in [2.45, 2.75) is 38.0 Å². The first-order chi connectivity index (χ1) is 9.93. The molecule has 0 bridgehead atoms. The SMILES string of the molecule is COc1ccccc1CC(Cl)c1ccccc1C(C)(C)C. The summed E-state index contributed by atoms with van der Waals surface area (Å²) in [5.41, 5.74) is 3.74. The van der Waals surface area contributed by atoms with Gasteiger partial charge >= 0.3 is 0 Å². The van der Waals surface area contributed by atoms with Gasteiger partial charge in [-0.15, -0.1) is 11.6 Å². The van der Waals surface area contributed by atoms with Gasteiger partial charge in [0.25, 0.3) is 0 Å². The van der Waals surface area contributed by atoms with Crippen LogP contribution in [-0.2, 0) is 11.8 Å². The molecule has 2 heteroatoms. The number of rotatable bonds is 4. The van der Waals surface area contributed by atoms with Gasteiger partial charge in [-0.2, -0.15) is 0 Å². The lowest BCUT2D eigenvalue weighted by molar-refractivity contribution is 0.409. The summed E-state index contributed by atoms with van der Waals surface area (Å²) in [5.74, 6) is 0.899. The van der Waals surface area contributed by atoms with E-state index >= 15 is 0 Å². The van der Waals surface area contributed by atoms with Crippen LogP contribution in [0.5, 0.6) is 5.75 Å². The fraction of sp³-hybridized carbons (Fsp3) is 0.368. The van der Waals surface area contributed by atoms with Crippen LogP contribution in [0, 0.1) is 0 Å². The minimum Gasteiger partial charge on any atom is -0.496 e. The molecule has 0 N–H and O–H groups in total. The number of hydrogen-bond acceptors (Lipinski definition) is 1. The van der Waals surface area contributed by atoms with Crippen molar-refractivity contribution in [2.24, 2.45) is 0 Å². The number of hydrogen-bond donors (Lipinski definition) is 0. The van der Waals surface area contributed by atoms with Gasteiger partial charge in [0.2, 0.25) is 0 Å².